The van der Waals surface area contributed by atoms with Crippen molar-refractivity contribution in [3.05, 3.63) is 52.5 Å². The van der Waals surface area contributed by atoms with E-state index < -0.39 is 16.1 Å². The summed E-state index contributed by atoms with van der Waals surface area (Å²) in [5.41, 5.74) is 0.485. The lowest BCUT2D eigenvalue weighted by molar-refractivity contribution is -0.122. The van der Waals surface area contributed by atoms with Gasteiger partial charge >= 0.3 is 0 Å². The quantitative estimate of drug-likeness (QED) is 0.574. The van der Waals surface area contributed by atoms with Crippen LogP contribution in [0.3, 0.4) is 0 Å². The Labute approximate surface area is 193 Å². The smallest absolute Gasteiger partial charge is 0.265 e. The van der Waals surface area contributed by atoms with Crippen molar-refractivity contribution in [1.29, 1.82) is 0 Å². The average molecular weight is 485 g/mol. The number of amides is 1. The van der Waals surface area contributed by atoms with Gasteiger partial charge in [0.2, 0.25) is 10.0 Å². The van der Waals surface area contributed by atoms with Crippen LogP contribution in [0.2, 0.25) is 10.0 Å². The largest absolute Gasteiger partial charge is 0.479 e. The van der Waals surface area contributed by atoms with Crippen molar-refractivity contribution in [2.24, 2.45) is 0 Å². The van der Waals surface area contributed by atoms with Gasteiger partial charge in [-0.05, 0) is 55.7 Å². The van der Waals surface area contributed by atoms with Crippen LogP contribution in [0.25, 0.3) is 0 Å². The topological polar surface area (TPSA) is 75.7 Å². The minimum absolute atomic E-state index is 0.224. The standard InChI is InChI=1S/C22H26Cl2N2O4S/c1-2-20(30-21-15-16(23)7-12-19(21)24)22(27)25-17-8-10-18(11-9-17)31(28,29)26-13-5-3-4-6-14-26/h7-12,15,20H,2-6,13-14H2,1H3,(H,25,27). The molecule has 1 aliphatic rings. The summed E-state index contributed by atoms with van der Waals surface area (Å²) in [7, 11) is -3.53. The first kappa shape index (κ1) is 23.9. The summed E-state index contributed by atoms with van der Waals surface area (Å²) in [5.74, 6) is -0.0308. The lowest BCUT2D eigenvalue weighted by atomic mass is 10.2. The van der Waals surface area contributed by atoms with Crippen LogP contribution in [0, 0.1) is 0 Å². The monoisotopic (exact) mass is 484 g/mol. The summed E-state index contributed by atoms with van der Waals surface area (Å²) in [6, 6.07) is 11.0. The van der Waals surface area contributed by atoms with Gasteiger partial charge in [-0.3, -0.25) is 4.79 Å². The first-order valence-electron chi connectivity index (χ1n) is 10.3. The van der Waals surface area contributed by atoms with Gasteiger partial charge in [-0.2, -0.15) is 4.31 Å². The fourth-order valence-electron chi connectivity index (χ4n) is 3.41. The van der Waals surface area contributed by atoms with E-state index in [0.717, 1.165) is 25.7 Å². The molecule has 0 saturated carbocycles. The van der Waals surface area contributed by atoms with Gasteiger partial charge in [-0.25, -0.2) is 8.42 Å². The molecule has 1 atom stereocenters. The van der Waals surface area contributed by atoms with E-state index in [9.17, 15) is 13.2 Å². The minimum atomic E-state index is -3.53. The number of rotatable bonds is 7. The van der Waals surface area contributed by atoms with E-state index >= 15 is 0 Å². The highest BCUT2D eigenvalue weighted by atomic mass is 35.5. The molecule has 2 aromatic carbocycles. The van der Waals surface area contributed by atoms with Crippen LogP contribution < -0.4 is 10.1 Å². The van der Waals surface area contributed by atoms with Crippen molar-refractivity contribution in [3.8, 4) is 5.75 Å². The number of nitrogens with zero attached hydrogens (tertiary/aromatic N) is 1. The van der Waals surface area contributed by atoms with E-state index in [-0.39, 0.29) is 10.8 Å². The molecule has 0 spiro atoms. The highest BCUT2D eigenvalue weighted by Gasteiger charge is 2.25. The summed E-state index contributed by atoms with van der Waals surface area (Å²) >= 11 is 12.1. The number of hydrogen-bond donors (Lipinski definition) is 1. The Balaban J connectivity index is 1.68. The SMILES string of the molecule is CCC(Oc1cc(Cl)ccc1Cl)C(=O)Nc1ccc(S(=O)(=O)N2CCCCCC2)cc1. The van der Waals surface area contributed by atoms with Gasteiger partial charge in [0.15, 0.2) is 6.10 Å². The lowest BCUT2D eigenvalue weighted by Crippen LogP contribution is -2.33. The summed E-state index contributed by atoms with van der Waals surface area (Å²) in [6.45, 7) is 2.91. The lowest BCUT2D eigenvalue weighted by Gasteiger charge is -2.20. The van der Waals surface area contributed by atoms with Crippen molar-refractivity contribution >= 4 is 44.8 Å². The van der Waals surface area contributed by atoms with Gasteiger partial charge in [0.25, 0.3) is 5.91 Å². The number of anilines is 1. The number of carbonyl (C=O) groups excluding carboxylic acids is 1. The molecular formula is C22H26Cl2N2O4S. The summed E-state index contributed by atoms with van der Waals surface area (Å²) in [5, 5.41) is 3.58. The molecule has 1 aliphatic heterocycles. The molecule has 1 fully saturated rings. The summed E-state index contributed by atoms with van der Waals surface area (Å²) in [6.07, 6.45) is 3.49. The normalized spacial score (nSPS) is 16.4. The fourth-order valence-corrected chi connectivity index (χ4v) is 5.25. The molecule has 168 valence electrons. The highest BCUT2D eigenvalue weighted by Crippen LogP contribution is 2.29. The maximum Gasteiger partial charge on any atom is 0.265 e. The zero-order valence-electron chi connectivity index (χ0n) is 17.3. The molecule has 1 unspecified atom stereocenters. The third-order valence-corrected chi connectivity index (χ3v) is 7.61. The fraction of sp³-hybridized carbons (Fsp3) is 0.409. The molecule has 0 radical (unpaired) electrons. The molecule has 9 heteroatoms. The molecule has 1 saturated heterocycles. The number of benzene rings is 2. The van der Waals surface area contributed by atoms with Crippen LogP contribution in [-0.2, 0) is 14.8 Å². The van der Waals surface area contributed by atoms with Crippen LogP contribution in [0.4, 0.5) is 5.69 Å². The molecule has 2 aromatic rings. The molecule has 0 aromatic heterocycles. The first-order chi connectivity index (χ1) is 14.8. The second kappa shape index (κ2) is 10.7. The molecule has 6 nitrogen and oxygen atoms in total. The maximum atomic E-state index is 12.9. The Hall–Kier alpha value is -1.80. The number of carbonyl (C=O) groups is 1. The second-order valence-corrected chi connectivity index (χ2v) is 10.2. The van der Waals surface area contributed by atoms with E-state index in [0.29, 0.717) is 41.0 Å². The van der Waals surface area contributed by atoms with Crippen LogP contribution >= 0.6 is 23.2 Å². The van der Waals surface area contributed by atoms with Crippen LogP contribution in [0.5, 0.6) is 5.75 Å². The van der Waals surface area contributed by atoms with Crippen molar-refractivity contribution in [2.45, 2.75) is 50.0 Å². The molecule has 0 aliphatic carbocycles. The number of nitrogens with one attached hydrogen (secondary N) is 1. The Morgan fingerprint density at radius 2 is 1.71 bits per heavy atom. The van der Waals surface area contributed by atoms with Crippen molar-refractivity contribution in [1.82, 2.24) is 4.31 Å². The average Bonchev–Trinajstić information content (AvgIpc) is 3.05. The maximum absolute atomic E-state index is 12.9. The molecule has 0 bridgehead atoms. The third-order valence-electron chi connectivity index (χ3n) is 5.15. The van der Waals surface area contributed by atoms with Gasteiger partial charge in [-0.15, -0.1) is 0 Å². The number of halogens is 2. The van der Waals surface area contributed by atoms with Crippen molar-refractivity contribution in [2.75, 3.05) is 18.4 Å². The van der Waals surface area contributed by atoms with Crippen molar-refractivity contribution in [3.63, 3.8) is 0 Å². The van der Waals surface area contributed by atoms with Crippen LogP contribution in [0.15, 0.2) is 47.4 Å². The Kier molecular flexibility index (Phi) is 8.22. The predicted molar refractivity (Wildman–Crippen MR) is 123 cm³/mol. The number of sulfonamides is 1. The van der Waals surface area contributed by atoms with E-state index in [2.05, 4.69) is 5.32 Å². The third kappa shape index (κ3) is 6.13. The van der Waals surface area contributed by atoms with Gasteiger partial charge < -0.3 is 10.1 Å². The minimum Gasteiger partial charge on any atom is -0.479 e. The van der Waals surface area contributed by atoms with Gasteiger partial charge in [0.1, 0.15) is 5.75 Å². The molecule has 1 heterocycles. The van der Waals surface area contributed by atoms with Gasteiger partial charge in [0.05, 0.1) is 9.92 Å². The zero-order valence-corrected chi connectivity index (χ0v) is 19.6. The Bertz CT molecular complexity index is 1000. The number of hydrogen-bond acceptors (Lipinski definition) is 4. The predicted octanol–water partition coefficient (Wildman–Crippen LogP) is 5.35. The van der Waals surface area contributed by atoms with Gasteiger partial charge in [0, 0.05) is 29.9 Å². The Morgan fingerprint density at radius 3 is 2.32 bits per heavy atom. The second-order valence-electron chi connectivity index (χ2n) is 7.42. The van der Waals surface area contributed by atoms with E-state index in [1.54, 1.807) is 34.6 Å². The molecule has 1 amide bonds. The van der Waals surface area contributed by atoms with Crippen LogP contribution in [0.1, 0.15) is 39.0 Å². The Morgan fingerprint density at radius 1 is 1.06 bits per heavy atom. The highest BCUT2D eigenvalue weighted by molar-refractivity contribution is 7.89. The molecule has 1 N–H and O–H groups in total. The number of ether oxygens (including phenoxy) is 1. The van der Waals surface area contributed by atoms with Crippen LogP contribution in [-0.4, -0.2) is 37.8 Å². The summed E-state index contributed by atoms with van der Waals surface area (Å²) < 4.78 is 33.1. The van der Waals surface area contributed by atoms with E-state index in [1.165, 1.54) is 12.1 Å². The zero-order chi connectivity index (χ0) is 22.4. The van der Waals surface area contributed by atoms with Gasteiger partial charge in [-0.1, -0.05) is 43.0 Å². The summed E-state index contributed by atoms with van der Waals surface area (Å²) in [4.78, 5) is 12.9. The van der Waals surface area contributed by atoms with E-state index in [1.807, 2.05) is 6.92 Å². The molecule has 31 heavy (non-hydrogen) atoms. The van der Waals surface area contributed by atoms with Crippen molar-refractivity contribution < 1.29 is 17.9 Å². The van der Waals surface area contributed by atoms with E-state index in [4.69, 9.17) is 27.9 Å². The first-order valence-corrected chi connectivity index (χ1v) is 12.5. The molecule has 3 rings (SSSR count). The molecular weight excluding hydrogens is 459 g/mol.